The Kier molecular flexibility index (Phi) is 6.38. The Morgan fingerprint density at radius 1 is 0.879 bits per heavy atom. The molecule has 174 valence electrons. The van der Waals surface area contributed by atoms with E-state index in [2.05, 4.69) is 0 Å². The molecule has 1 aromatic rings. The van der Waals surface area contributed by atoms with Crippen LogP contribution in [-0.4, -0.2) is 69.2 Å². The highest BCUT2D eigenvalue weighted by molar-refractivity contribution is 6.03. The SMILES string of the molecule is O=C(ON1C(=O)CCC1=O)[C@@H]1CCCN1C(=O)[C@H]1CCC(=O)N1C(=O)OCc1ccccc1. The Hall–Kier alpha value is -3.76. The van der Waals surface area contributed by atoms with Crippen molar-refractivity contribution in [3.63, 3.8) is 0 Å². The number of carbonyl (C=O) groups excluding carboxylic acids is 6. The van der Waals surface area contributed by atoms with Gasteiger partial charge in [0, 0.05) is 25.8 Å². The Balaban J connectivity index is 1.42. The molecule has 0 unspecified atom stereocenters. The van der Waals surface area contributed by atoms with Gasteiger partial charge in [0.15, 0.2) is 0 Å². The fraction of sp³-hybridized carbons (Fsp3) is 0.455. The van der Waals surface area contributed by atoms with E-state index in [1.165, 1.54) is 4.90 Å². The van der Waals surface area contributed by atoms with E-state index in [0.29, 0.717) is 11.5 Å². The third-order valence-corrected chi connectivity index (χ3v) is 5.89. The van der Waals surface area contributed by atoms with Crippen molar-refractivity contribution in [3.8, 4) is 0 Å². The van der Waals surface area contributed by atoms with E-state index in [1.54, 1.807) is 24.3 Å². The number of hydrogen-bond acceptors (Lipinski definition) is 8. The van der Waals surface area contributed by atoms with Crippen LogP contribution in [0.15, 0.2) is 30.3 Å². The molecule has 3 saturated heterocycles. The van der Waals surface area contributed by atoms with Gasteiger partial charge in [-0.05, 0) is 24.8 Å². The van der Waals surface area contributed by atoms with E-state index in [4.69, 9.17) is 9.57 Å². The van der Waals surface area contributed by atoms with Gasteiger partial charge in [-0.25, -0.2) is 14.5 Å². The van der Waals surface area contributed by atoms with Gasteiger partial charge in [-0.2, -0.15) is 0 Å². The second-order valence-electron chi connectivity index (χ2n) is 8.04. The summed E-state index contributed by atoms with van der Waals surface area (Å²) in [6.45, 7) is 0.166. The first kappa shape index (κ1) is 22.4. The van der Waals surface area contributed by atoms with E-state index < -0.39 is 47.8 Å². The van der Waals surface area contributed by atoms with E-state index in [9.17, 15) is 28.8 Å². The van der Waals surface area contributed by atoms with Crippen LogP contribution in [0.2, 0.25) is 0 Å². The van der Waals surface area contributed by atoms with E-state index >= 15 is 0 Å². The zero-order chi connectivity index (χ0) is 23.5. The molecule has 0 radical (unpaired) electrons. The van der Waals surface area contributed by atoms with Crippen LogP contribution in [0.3, 0.4) is 0 Å². The second-order valence-corrected chi connectivity index (χ2v) is 8.04. The van der Waals surface area contributed by atoms with E-state index in [0.717, 1.165) is 10.5 Å². The number of carbonyl (C=O) groups is 6. The molecule has 3 aliphatic rings. The third-order valence-electron chi connectivity index (χ3n) is 5.89. The van der Waals surface area contributed by atoms with Gasteiger partial charge in [-0.1, -0.05) is 30.3 Å². The minimum atomic E-state index is -1.09. The fourth-order valence-electron chi connectivity index (χ4n) is 4.21. The van der Waals surface area contributed by atoms with Crippen molar-refractivity contribution in [2.45, 2.75) is 57.2 Å². The molecule has 3 fully saturated rings. The normalized spacial score (nSPS) is 22.8. The standard InChI is InChI=1S/C22H23N3O8/c26-17-9-8-15(24(17)22(31)32-13-14-5-2-1-3-6-14)20(29)23-12-4-7-16(23)21(30)33-25-18(27)10-11-19(25)28/h1-3,5-6,15-16H,4,7-13H2/t15-,16+/m1/s1. The maximum Gasteiger partial charge on any atom is 0.417 e. The summed E-state index contributed by atoms with van der Waals surface area (Å²) in [6.07, 6.45) is -0.123. The van der Waals surface area contributed by atoms with E-state index in [-0.39, 0.29) is 45.3 Å². The lowest BCUT2D eigenvalue weighted by Crippen LogP contribution is -2.52. The average Bonchev–Trinajstić information content (AvgIpc) is 3.53. The first-order chi connectivity index (χ1) is 15.9. The van der Waals surface area contributed by atoms with Crippen LogP contribution < -0.4 is 0 Å². The molecule has 0 N–H and O–H groups in total. The monoisotopic (exact) mass is 457 g/mol. The lowest BCUT2D eigenvalue weighted by molar-refractivity contribution is -0.201. The van der Waals surface area contributed by atoms with Crippen LogP contribution in [0.25, 0.3) is 0 Å². The number of hydrogen-bond donors (Lipinski definition) is 0. The van der Waals surface area contributed by atoms with Crippen molar-refractivity contribution < 1.29 is 38.3 Å². The van der Waals surface area contributed by atoms with Crippen LogP contribution in [0.1, 0.15) is 44.1 Å². The van der Waals surface area contributed by atoms with Gasteiger partial charge < -0.3 is 14.5 Å². The maximum absolute atomic E-state index is 13.2. The molecule has 3 heterocycles. The Morgan fingerprint density at radius 3 is 2.27 bits per heavy atom. The lowest BCUT2D eigenvalue weighted by atomic mass is 10.1. The molecule has 4 rings (SSSR count). The van der Waals surface area contributed by atoms with Gasteiger partial charge in [-0.15, -0.1) is 5.06 Å². The molecule has 5 amide bonds. The Labute approximate surface area is 189 Å². The molecule has 1 aromatic carbocycles. The first-order valence-electron chi connectivity index (χ1n) is 10.8. The van der Waals surface area contributed by atoms with Gasteiger partial charge in [-0.3, -0.25) is 19.2 Å². The number of hydroxylamine groups is 2. The molecule has 0 aromatic heterocycles. The molecule has 11 heteroatoms. The number of likely N-dealkylation sites (tertiary alicyclic amines) is 2. The summed E-state index contributed by atoms with van der Waals surface area (Å²) < 4.78 is 5.23. The molecule has 3 aliphatic heterocycles. The number of nitrogens with zero attached hydrogens (tertiary/aromatic N) is 3. The topological polar surface area (TPSA) is 131 Å². The summed E-state index contributed by atoms with van der Waals surface area (Å²) in [5.74, 6) is -3.23. The van der Waals surface area contributed by atoms with Crippen LogP contribution >= 0.6 is 0 Å². The van der Waals surface area contributed by atoms with Gasteiger partial charge in [0.1, 0.15) is 18.7 Å². The smallest absolute Gasteiger partial charge is 0.417 e. The summed E-state index contributed by atoms with van der Waals surface area (Å²) >= 11 is 0. The highest BCUT2D eigenvalue weighted by Crippen LogP contribution is 2.27. The molecular weight excluding hydrogens is 434 g/mol. The van der Waals surface area contributed by atoms with Crippen LogP contribution in [0, 0.1) is 0 Å². The molecule has 0 aliphatic carbocycles. The summed E-state index contributed by atoms with van der Waals surface area (Å²) in [6, 6.07) is 6.80. The fourth-order valence-corrected chi connectivity index (χ4v) is 4.21. The minimum Gasteiger partial charge on any atom is -0.444 e. The Morgan fingerprint density at radius 2 is 1.58 bits per heavy atom. The summed E-state index contributed by atoms with van der Waals surface area (Å²) in [5, 5.41) is 0.440. The molecular formula is C22H23N3O8. The van der Waals surface area contributed by atoms with Crippen molar-refractivity contribution in [2.75, 3.05) is 6.54 Å². The van der Waals surface area contributed by atoms with Crippen molar-refractivity contribution in [3.05, 3.63) is 35.9 Å². The first-order valence-corrected chi connectivity index (χ1v) is 10.8. The van der Waals surface area contributed by atoms with Crippen LogP contribution in [0.4, 0.5) is 4.79 Å². The molecule has 11 nitrogen and oxygen atoms in total. The third kappa shape index (κ3) is 4.57. The Bertz CT molecular complexity index is 979. The average molecular weight is 457 g/mol. The highest BCUT2D eigenvalue weighted by Gasteiger charge is 2.47. The van der Waals surface area contributed by atoms with Gasteiger partial charge >= 0.3 is 12.1 Å². The van der Waals surface area contributed by atoms with Crippen molar-refractivity contribution in [1.29, 1.82) is 0 Å². The predicted molar refractivity (Wildman–Crippen MR) is 108 cm³/mol. The molecule has 2 atom stereocenters. The van der Waals surface area contributed by atoms with Crippen molar-refractivity contribution in [1.82, 2.24) is 14.9 Å². The number of amides is 5. The number of ether oxygens (including phenoxy) is 1. The molecule has 0 bridgehead atoms. The summed E-state index contributed by atoms with van der Waals surface area (Å²) in [7, 11) is 0. The van der Waals surface area contributed by atoms with Gasteiger partial charge in [0.05, 0.1) is 0 Å². The predicted octanol–water partition coefficient (Wildman–Crippen LogP) is 0.912. The lowest BCUT2D eigenvalue weighted by Gasteiger charge is -2.29. The zero-order valence-electron chi connectivity index (χ0n) is 17.8. The van der Waals surface area contributed by atoms with E-state index in [1.807, 2.05) is 6.07 Å². The van der Waals surface area contributed by atoms with Crippen molar-refractivity contribution in [2.24, 2.45) is 0 Å². The largest absolute Gasteiger partial charge is 0.444 e. The van der Waals surface area contributed by atoms with Gasteiger partial charge in [0.2, 0.25) is 11.8 Å². The van der Waals surface area contributed by atoms with Crippen LogP contribution in [-0.2, 0) is 40.2 Å². The number of imide groups is 2. The summed E-state index contributed by atoms with van der Waals surface area (Å²) in [5.41, 5.74) is 0.730. The molecule has 0 saturated carbocycles. The molecule has 0 spiro atoms. The highest BCUT2D eigenvalue weighted by atomic mass is 16.7. The second kappa shape index (κ2) is 9.39. The maximum atomic E-state index is 13.2. The zero-order valence-corrected chi connectivity index (χ0v) is 17.8. The molecule has 33 heavy (non-hydrogen) atoms. The van der Waals surface area contributed by atoms with Crippen molar-refractivity contribution >= 4 is 35.7 Å². The number of benzene rings is 1. The number of rotatable bonds is 5. The minimum absolute atomic E-state index is 0.00339. The van der Waals surface area contributed by atoms with Crippen LogP contribution in [0.5, 0.6) is 0 Å². The summed E-state index contributed by atoms with van der Waals surface area (Å²) in [4.78, 5) is 81.3. The quantitative estimate of drug-likeness (QED) is 0.597. The van der Waals surface area contributed by atoms with Gasteiger partial charge in [0.25, 0.3) is 11.8 Å².